The van der Waals surface area contributed by atoms with Crippen molar-refractivity contribution in [3.05, 3.63) is 0 Å². The Labute approximate surface area is 67.3 Å². The van der Waals surface area contributed by atoms with E-state index in [0.717, 1.165) is 19.4 Å². The van der Waals surface area contributed by atoms with Gasteiger partial charge in [0.05, 0.1) is 18.6 Å². The number of nitriles is 1. The van der Waals surface area contributed by atoms with Crippen LogP contribution in [-0.4, -0.2) is 25.8 Å². The molecular weight excluding hydrogens is 140 g/mol. The second-order valence-corrected chi connectivity index (χ2v) is 2.87. The van der Waals surface area contributed by atoms with Crippen LogP contribution in [0.2, 0.25) is 0 Å². The first-order valence-electron chi connectivity index (χ1n) is 4.02. The highest BCUT2D eigenvalue weighted by molar-refractivity contribution is 4.82. The van der Waals surface area contributed by atoms with Crippen LogP contribution < -0.4 is 5.32 Å². The van der Waals surface area contributed by atoms with E-state index in [1.54, 1.807) is 0 Å². The Hall–Kier alpha value is -0.590. The number of nitrogens with one attached hydrogen (secondary N) is 1. The number of ether oxygens (including phenoxy) is 1. The fourth-order valence-corrected chi connectivity index (χ4v) is 1.39. The van der Waals surface area contributed by atoms with Gasteiger partial charge in [0.25, 0.3) is 0 Å². The zero-order chi connectivity index (χ0) is 8.10. The molecule has 0 saturated carbocycles. The normalized spacial score (nSPS) is 31.3. The largest absolute Gasteiger partial charge is 0.377 e. The third-order valence-corrected chi connectivity index (χ3v) is 2.09. The van der Waals surface area contributed by atoms with Crippen LogP contribution in [0.25, 0.3) is 0 Å². The van der Waals surface area contributed by atoms with Crippen LogP contribution in [0.5, 0.6) is 0 Å². The van der Waals surface area contributed by atoms with Gasteiger partial charge in [-0.15, -0.1) is 0 Å². The predicted molar refractivity (Wildman–Crippen MR) is 42.1 cm³/mol. The molecule has 1 heterocycles. The number of hydrogen-bond acceptors (Lipinski definition) is 3. The van der Waals surface area contributed by atoms with Crippen molar-refractivity contribution in [2.24, 2.45) is 0 Å². The van der Waals surface area contributed by atoms with Crippen molar-refractivity contribution in [2.45, 2.75) is 31.4 Å². The van der Waals surface area contributed by atoms with Gasteiger partial charge >= 0.3 is 0 Å². The highest BCUT2D eigenvalue weighted by Crippen LogP contribution is 2.15. The van der Waals surface area contributed by atoms with Gasteiger partial charge in [-0.1, -0.05) is 0 Å². The molecule has 1 aliphatic heterocycles. The topological polar surface area (TPSA) is 45.0 Å². The molecule has 0 aromatic rings. The van der Waals surface area contributed by atoms with Gasteiger partial charge < -0.3 is 10.1 Å². The molecule has 1 fully saturated rings. The molecule has 1 rings (SSSR count). The van der Waals surface area contributed by atoms with E-state index in [1.807, 2.05) is 7.05 Å². The molecule has 0 spiro atoms. The van der Waals surface area contributed by atoms with E-state index in [-0.39, 0.29) is 6.10 Å². The molecule has 0 aromatic heterocycles. The molecule has 62 valence electrons. The first-order chi connectivity index (χ1) is 5.36. The van der Waals surface area contributed by atoms with Gasteiger partial charge in [-0.05, 0) is 19.9 Å². The maximum absolute atomic E-state index is 8.43. The van der Waals surface area contributed by atoms with Gasteiger partial charge in [0.1, 0.15) is 0 Å². The van der Waals surface area contributed by atoms with Crippen LogP contribution in [0.1, 0.15) is 19.3 Å². The smallest absolute Gasteiger partial charge is 0.0719 e. The molecule has 2 atom stereocenters. The Morgan fingerprint density at radius 1 is 1.73 bits per heavy atom. The summed E-state index contributed by atoms with van der Waals surface area (Å²) in [5.74, 6) is 0. The molecule has 11 heavy (non-hydrogen) atoms. The molecule has 0 radical (unpaired) electrons. The summed E-state index contributed by atoms with van der Waals surface area (Å²) in [5.41, 5.74) is 0. The first kappa shape index (κ1) is 8.51. The molecule has 0 aromatic carbocycles. The van der Waals surface area contributed by atoms with Crippen molar-refractivity contribution in [1.82, 2.24) is 5.32 Å². The zero-order valence-electron chi connectivity index (χ0n) is 6.84. The lowest BCUT2D eigenvalue weighted by atomic mass is 10.0. The summed E-state index contributed by atoms with van der Waals surface area (Å²) in [5, 5.41) is 11.6. The van der Waals surface area contributed by atoms with E-state index in [0.29, 0.717) is 12.5 Å². The lowest BCUT2D eigenvalue weighted by Crippen LogP contribution is -2.36. The third-order valence-electron chi connectivity index (χ3n) is 2.09. The molecule has 1 aliphatic rings. The number of nitrogens with zero attached hydrogens (tertiary/aromatic N) is 1. The van der Waals surface area contributed by atoms with E-state index in [9.17, 15) is 0 Å². The van der Waals surface area contributed by atoms with Crippen LogP contribution in [-0.2, 0) is 4.74 Å². The van der Waals surface area contributed by atoms with Crippen molar-refractivity contribution < 1.29 is 4.74 Å². The molecule has 1 N–H and O–H groups in total. The average molecular weight is 154 g/mol. The average Bonchev–Trinajstić information content (AvgIpc) is 2.06. The van der Waals surface area contributed by atoms with Gasteiger partial charge in [-0.2, -0.15) is 5.26 Å². The summed E-state index contributed by atoms with van der Waals surface area (Å²) in [6.07, 6.45) is 2.73. The van der Waals surface area contributed by atoms with Gasteiger partial charge in [0.15, 0.2) is 0 Å². The summed E-state index contributed by atoms with van der Waals surface area (Å²) in [6.45, 7) is 0.790. The quantitative estimate of drug-likeness (QED) is 0.635. The van der Waals surface area contributed by atoms with Crippen molar-refractivity contribution in [3.63, 3.8) is 0 Å². The predicted octanol–water partition coefficient (Wildman–Crippen LogP) is 0.667. The van der Waals surface area contributed by atoms with Gasteiger partial charge in [0, 0.05) is 12.6 Å². The Morgan fingerprint density at radius 3 is 3.18 bits per heavy atom. The Morgan fingerprint density at radius 2 is 2.55 bits per heavy atom. The molecule has 3 heteroatoms. The summed E-state index contributed by atoms with van der Waals surface area (Å²) < 4.78 is 5.39. The van der Waals surface area contributed by atoms with Crippen LogP contribution in [0.3, 0.4) is 0 Å². The minimum absolute atomic E-state index is 0.159. The first-order valence-corrected chi connectivity index (χ1v) is 4.02. The van der Waals surface area contributed by atoms with E-state index < -0.39 is 0 Å². The summed E-state index contributed by atoms with van der Waals surface area (Å²) in [6, 6.07) is 2.67. The molecular formula is C8H14N2O. The third kappa shape index (κ3) is 2.49. The summed E-state index contributed by atoms with van der Waals surface area (Å²) in [4.78, 5) is 0. The summed E-state index contributed by atoms with van der Waals surface area (Å²) >= 11 is 0. The standard InChI is InChI=1S/C8H14N2O/c1-10-7-3-5-11-8(6-7)2-4-9/h7-8,10H,2-3,5-6H2,1H3. The summed E-state index contributed by atoms with van der Waals surface area (Å²) in [7, 11) is 1.96. The van der Waals surface area contributed by atoms with Crippen LogP contribution in [0.15, 0.2) is 0 Å². The van der Waals surface area contributed by atoms with Crippen LogP contribution in [0, 0.1) is 11.3 Å². The lowest BCUT2D eigenvalue weighted by molar-refractivity contribution is 0.00615. The monoisotopic (exact) mass is 154 g/mol. The second kappa shape index (κ2) is 4.32. The molecule has 2 unspecified atom stereocenters. The SMILES string of the molecule is CNC1CCOC(CC#N)C1. The number of rotatable bonds is 2. The van der Waals surface area contributed by atoms with E-state index >= 15 is 0 Å². The highest BCUT2D eigenvalue weighted by atomic mass is 16.5. The van der Waals surface area contributed by atoms with E-state index in [2.05, 4.69) is 11.4 Å². The fraction of sp³-hybridized carbons (Fsp3) is 0.875. The van der Waals surface area contributed by atoms with Crippen LogP contribution in [0.4, 0.5) is 0 Å². The highest BCUT2D eigenvalue weighted by Gasteiger charge is 2.20. The minimum atomic E-state index is 0.159. The molecule has 3 nitrogen and oxygen atoms in total. The molecule has 0 aliphatic carbocycles. The molecule has 0 bridgehead atoms. The van der Waals surface area contributed by atoms with Gasteiger partial charge in [-0.25, -0.2) is 0 Å². The maximum Gasteiger partial charge on any atom is 0.0719 e. The maximum atomic E-state index is 8.43. The van der Waals surface area contributed by atoms with Crippen LogP contribution >= 0.6 is 0 Å². The number of hydrogen-bond donors (Lipinski definition) is 1. The minimum Gasteiger partial charge on any atom is -0.377 e. The van der Waals surface area contributed by atoms with E-state index in [1.165, 1.54) is 0 Å². The van der Waals surface area contributed by atoms with Gasteiger partial charge in [0.2, 0.25) is 0 Å². The van der Waals surface area contributed by atoms with Gasteiger partial charge in [-0.3, -0.25) is 0 Å². The zero-order valence-corrected chi connectivity index (χ0v) is 6.84. The van der Waals surface area contributed by atoms with E-state index in [4.69, 9.17) is 10.00 Å². The Balaban J connectivity index is 2.28. The Bertz CT molecular complexity index is 153. The molecule has 0 amide bonds. The molecule has 1 saturated heterocycles. The van der Waals surface area contributed by atoms with Crippen molar-refractivity contribution in [1.29, 1.82) is 5.26 Å². The lowest BCUT2D eigenvalue weighted by Gasteiger charge is -2.27. The fourth-order valence-electron chi connectivity index (χ4n) is 1.39. The second-order valence-electron chi connectivity index (χ2n) is 2.87. The van der Waals surface area contributed by atoms with Crippen molar-refractivity contribution in [3.8, 4) is 6.07 Å². The van der Waals surface area contributed by atoms with Crippen molar-refractivity contribution in [2.75, 3.05) is 13.7 Å². The Kier molecular flexibility index (Phi) is 3.34. The van der Waals surface area contributed by atoms with Crippen molar-refractivity contribution >= 4 is 0 Å².